The van der Waals surface area contributed by atoms with Crippen LogP contribution in [0.3, 0.4) is 0 Å². The molecule has 0 unspecified atom stereocenters. The molecular weight excluding hydrogens is 171 g/mol. The summed E-state index contributed by atoms with van der Waals surface area (Å²) < 4.78 is 17.9. The third-order valence-corrected chi connectivity index (χ3v) is 2.04. The van der Waals surface area contributed by atoms with E-state index in [0.29, 0.717) is 19.0 Å². The molecule has 0 saturated carbocycles. The summed E-state index contributed by atoms with van der Waals surface area (Å²) in [5, 5.41) is 0. The second kappa shape index (κ2) is 3.70. The zero-order chi connectivity index (χ0) is 9.10. The van der Waals surface area contributed by atoms with Gasteiger partial charge in [0.2, 0.25) is 5.95 Å². The van der Waals surface area contributed by atoms with Crippen LogP contribution in [0.15, 0.2) is 18.2 Å². The van der Waals surface area contributed by atoms with Crippen molar-refractivity contribution in [2.24, 2.45) is 0 Å². The molecule has 0 bridgehead atoms. The van der Waals surface area contributed by atoms with Crippen LogP contribution in [0.2, 0.25) is 0 Å². The molecule has 1 aromatic rings. The molecule has 70 valence electrons. The predicted octanol–water partition coefficient (Wildman–Crippen LogP) is 1.06. The van der Waals surface area contributed by atoms with Crippen LogP contribution in [-0.4, -0.2) is 31.3 Å². The standard InChI is InChI=1S/C9H11FN2O/c10-8-2-1-3-9(11-8)12-4-6-13-7-5-12/h1-3H,4-7H2. The van der Waals surface area contributed by atoms with Crippen LogP contribution in [0.4, 0.5) is 10.2 Å². The highest BCUT2D eigenvalue weighted by molar-refractivity contribution is 5.38. The fourth-order valence-electron chi connectivity index (χ4n) is 1.37. The van der Waals surface area contributed by atoms with E-state index in [9.17, 15) is 4.39 Å². The fourth-order valence-corrected chi connectivity index (χ4v) is 1.37. The van der Waals surface area contributed by atoms with Gasteiger partial charge in [0.1, 0.15) is 5.82 Å². The zero-order valence-electron chi connectivity index (χ0n) is 7.24. The molecule has 2 rings (SSSR count). The summed E-state index contributed by atoms with van der Waals surface area (Å²) in [5.74, 6) is 0.271. The maximum Gasteiger partial charge on any atom is 0.214 e. The molecule has 1 aliphatic heterocycles. The Morgan fingerprint density at radius 3 is 2.77 bits per heavy atom. The summed E-state index contributed by atoms with van der Waals surface area (Å²) in [7, 11) is 0. The molecule has 4 heteroatoms. The van der Waals surface area contributed by atoms with Gasteiger partial charge >= 0.3 is 0 Å². The van der Waals surface area contributed by atoms with E-state index in [0.717, 1.165) is 13.1 Å². The third-order valence-electron chi connectivity index (χ3n) is 2.04. The molecule has 0 N–H and O–H groups in total. The molecule has 0 spiro atoms. The number of nitrogens with zero attached hydrogens (tertiary/aromatic N) is 2. The average Bonchev–Trinajstić information content (AvgIpc) is 2.19. The van der Waals surface area contributed by atoms with E-state index >= 15 is 0 Å². The van der Waals surface area contributed by atoms with Gasteiger partial charge in [-0.1, -0.05) is 6.07 Å². The van der Waals surface area contributed by atoms with Gasteiger partial charge in [-0.2, -0.15) is 4.39 Å². The summed E-state index contributed by atoms with van der Waals surface area (Å²) in [5.41, 5.74) is 0. The number of rotatable bonds is 1. The van der Waals surface area contributed by atoms with Crippen LogP contribution in [0.1, 0.15) is 0 Å². The lowest BCUT2D eigenvalue weighted by Gasteiger charge is -2.27. The van der Waals surface area contributed by atoms with Crippen molar-refractivity contribution in [2.45, 2.75) is 0 Å². The van der Waals surface area contributed by atoms with E-state index in [2.05, 4.69) is 4.98 Å². The van der Waals surface area contributed by atoms with Crippen molar-refractivity contribution in [1.29, 1.82) is 0 Å². The largest absolute Gasteiger partial charge is 0.378 e. The van der Waals surface area contributed by atoms with Crippen molar-refractivity contribution in [3.63, 3.8) is 0 Å². The van der Waals surface area contributed by atoms with Gasteiger partial charge < -0.3 is 9.64 Å². The van der Waals surface area contributed by atoms with Crippen molar-refractivity contribution in [2.75, 3.05) is 31.2 Å². The molecule has 1 fully saturated rings. The minimum atomic E-state index is -0.427. The minimum Gasteiger partial charge on any atom is -0.378 e. The van der Waals surface area contributed by atoms with Crippen LogP contribution >= 0.6 is 0 Å². The summed E-state index contributed by atoms with van der Waals surface area (Å²) >= 11 is 0. The Hall–Kier alpha value is -1.16. The summed E-state index contributed by atoms with van der Waals surface area (Å²) in [6.45, 7) is 2.96. The van der Waals surface area contributed by atoms with Crippen LogP contribution in [0.5, 0.6) is 0 Å². The van der Waals surface area contributed by atoms with Crippen LogP contribution < -0.4 is 4.90 Å². The average molecular weight is 182 g/mol. The van der Waals surface area contributed by atoms with E-state index in [1.54, 1.807) is 6.07 Å². The summed E-state index contributed by atoms with van der Waals surface area (Å²) in [4.78, 5) is 5.82. The monoisotopic (exact) mass is 182 g/mol. The van der Waals surface area contributed by atoms with Gasteiger partial charge in [0.05, 0.1) is 13.2 Å². The van der Waals surface area contributed by atoms with Gasteiger partial charge in [-0.15, -0.1) is 0 Å². The maximum absolute atomic E-state index is 12.8. The molecule has 2 heterocycles. The van der Waals surface area contributed by atoms with Crippen LogP contribution in [0, 0.1) is 5.95 Å². The lowest BCUT2D eigenvalue weighted by Crippen LogP contribution is -2.36. The Bertz CT molecular complexity index is 287. The number of pyridine rings is 1. The van der Waals surface area contributed by atoms with Gasteiger partial charge in [-0.05, 0) is 12.1 Å². The molecule has 1 aliphatic rings. The predicted molar refractivity (Wildman–Crippen MR) is 47.2 cm³/mol. The highest BCUT2D eigenvalue weighted by Gasteiger charge is 2.12. The Morgan fingerprint density at radius 1 is 1.31 bits per heavy atom. The number of morpholine rings is 1. The zero-order valence-corrected chi connectivity index (χ0v) is 7.24. The number of hydrogen-bond acceptors (Lipinski definition) is 3. The molecule has 0 radical (unpaired) electrons. The highest BCUT2D eigenvalue weighted by atomic mass is 19.1. The van der Waals surface area contributed by atoms with Crippen LogP contribution in [-0.2, 0) is 4.74 Å². The van der Waals surface area contributed by atoms with E-state index in [1.807, 2.05) is 11.0 Å². The van der Waals surface area contributed by atoms with Crippen LogP contribution in [0.25, 0.3) is 0 Å². The molecule has 0 aromatic carbocycles. The van der Waals surface area contributed by atoms with Gasteiger partial charge in [0.15, 0.2) is 0 Å². The quantitative estimate of drug-likeness (QED) is 0.607. The molecule has 13 heavy (non-hydrogen) atoms. The van der Waals surface area contributed by atoms with Crippen molar-refractivity contribution in [3.8, 4) is 0 Å². The number of aromatic nitrogens is 1. The normalized spacial score (nSPS) is 17.5. The second-order valence-corrected chi connectivity index (χ2v) is 2.92. The molecule has 3 nitrogen and oxygen atoms in total. The SMILES string of the molecule is Fc1cccc(N2CCOCC2)n1. The first-order valence-electron chi connectivity index (χ1n) is 4.31. The van der Waals surface area contributed by atoms with Crippen molar-refractivity contribution in [3.05, 3.63) is 24.1 Å². The Labute approximate surface area is 76.1 Å². The third kappa shape index (κ3) is 1.95. The molecule has 0 atom stereocenters. The minimum absolute atomic E-state index is 0.427. The first-order chi connectivity index (χ1) is 6.36. The topological polar surface area (TPSA) is 25.4 Å². The number of halogens is 1. The van der Waals surface area contributed by atoms with E-state index < -0.39 is 5.95 Å². The van der Waals surface area contributed by atoms with Gasteiger partial charge in [0.25, 0.3) is 0 Å². The second-order valence-electron chi connectivity index (χ2n) is 2.92. The molecular formula is C9H11FN2O. The Balaban J connectivity index is 2.14. The summed E-state index contributed by atoms with van der Waals surface area (Å²) in [6, 6.07) is 4.84. The van der Waals surface area contributed by atoms with E-state index in [4.69, 9.17) is 4.74 Å². The Kier molecular flexibility index (Phi) is 2.40. The Morgan fingerprint density at radius 2 is 2.08 bits per heavy atom. The fraction of sp³-hybridized carbons (Fsp3) is 0.444. The molecule has 1 aromatic heterocycles. The highest BCUT2D eigenvalue weighted by Crippen LogP contribution is 2.12. The molecule has 1 saturated heterocycles. The van der Waals surface area contributed by atoms with Crippen molar-refractivity contribution in [1.82, 2.24) is 4.98 Å². The first-order valence-corrected chi connectivity index (χ1v) is 4.31. The van der Waals surface area contributed by atoms with Gasteiger partial charge in [-0.3, -0.25) is 0 Å². The smallest absolute Gasteiger partial charge is 0.214 e. The summed E-state index contributed by atoms with van der Waals surface area (Å²) in [6.07, 6.45) is 0. The number of anilines is 1. The molecule has 0 aliphatic carbocycles. The number of hydrogen-bond donors (Lipinski definition) is 0. The van der Waals surface area contributed by atoms with Gasteiger partial charge in [-0.25, -0.2) is 4.98 Å². The molecule has 0 amide bonds. The lowest BCUT2D eigenvalue weighted by atomic mass is 10.4. The maximum atomic E-state index is 12.8. The van der Waals surface area contributed by atoms with Crippen molar-refractivity contribution < 1.29 is 9.13 Å². The number of ether oxygens (including phenoxy) is 1. The lowest BCUT2D eigenvalue weighted by molar-refractivity contribution is 0.122. The van der Waals surface area contributed by atoms with Gasteiger partial charge in [0, 0.05) is 13.1 Å². The first kappa shape index (κ1) is 8.44. The van der Waals surface area contributed by atoms with E-state index in [1.165, 1.54) is 6.07 Å². The van der Waals surface area contributed by atoms with E-state index in [-0.39, 0.29) is 0 Å². The van der Waals surface area contributed by atoms with Crippen molar-refractivity contribution >= 4 is 5.82 Å².